The third-order valence-electron chi connectivity index (χ3n) is 3.88. The molecule has 2 saturated heterocycles. The van der Waals surface area contributed by atoms with Crippen LogP contribution in [-0.2, 0) is 19.1 Å². The van der Waals surface area contributed by atoms with Crippen molar-refractivity contribution < 1.29 is 24.2 Å². The average Bonchev–Trinajstić information content (AvgIpc) is 2.95. The minimum absolute atomic E-state index is 0.0864. The number of rotatable bonds is 3. The molecule has 7 nitrogen and oxygen atoms in total. The van der Waals surface area contributed by atoms with E-state index < -0.39 is 23.8 Å². The van der Waals surface area contributed by atoms with Crippen molar-refractivity contribution in [1.82, 2.24) is 9.80 Å². The second kappa shape index (κ2) is 6.21. The molecule has 2 atom stereocenters. The third-order valence-corrected chi connectivity index (χ3v) is 3.88. The Labute approximate surface area is 117 Å². The molecule has 0 aromatic rings. The third kappa shape index (κ3) is 2.92. The van der Waals surface area contributed by atoms with Gasteiger partial charge in [-0.25, -0.2) is 0 Å². The zero-order valence-corrected chi connectivity index (χ0v) is 11.6. The van der Waals surface area contributed by atoms with Gasteiger partial charge in [0.25, 0.3) is 0 Å². The number of carbonyl (C=O) groups excluding carboxylic acids is 2. The number of aliphatic carboxylic acids is 1. The Hall–Kier alpha value is -1.63. The number of morpholine rings is 1. The van der Waals surface area contributed by atoms with Gasteiger partial charge in [0.05, 0.1) is 13.2 Å². The van der Waals surface area contributed by atoms with Crippen molar-refractivity contribution in [3.8, 4) is 0 Å². The van der Waals surface area contributed by atoms with Crippen LogP contribution in [0.3, 0.4) is 0 Å². The van der Waals surface area contributed by atoms with Gasteiger partial charge in [-0.3, -0.25) is 14.4 Å². The molecule has 1 N–H and O–H groups in total. The number of likely N-dealkylation sites (tertiary alicyclic amines) is 1. The van der Waals surface area contributed by atoms with Crippen LogP contribution in [0.4, 0.5) is 0 Å². The molecular formula is C13H20N2O5. The number of hydrogen-bond acceptors (Lipinski definition) is 4. The van der Waals surface area contributed by atoms with Crippen LogP contribution >= 0.6 is 0 Å². The molecule has 0 spiro atoms. The largest absolute Gasteiger partial charge is 0.481 e. The van der Waals surface area contributed by atoms with Gasteiger partial charge >= 0.3 is 5.97 Å². The monoisotopic (exact) mass is 284 g/mol. The topological polar surface area (TPSA) is 87.2 Å². The van der Waals surface area contributed by atoms with Gasteiger partial charge in [-0.05, 0) is 19.8 Å². The van der Waals surface area contributed by atoms with E-state index in [4.69, 9.17) is 9.84 Å². The van der Waals surface area contributed by atoms with E-state index in [0.717, 1.165) is 6.42 Å². The first-order chi connectivity index (χ1) is 9.52. The molecule has 7 heteroatoms. The van der Waals surface area contributed by atoms with E-state index in [9.17, 15) is 14.4 Å². The highest BCUT2D eigenvalue weighted by atomic mass is 16.5. The highest BCUT2D eigenvalue weighted by molar-refractivity contribution is 5.98. The van der Waals surface area contributed by atoms with Crippen molar-refractivity contribution in [1.29, 1.82) is 0 Å². The molecule has 2 aliphatic heterocycles. The van der Waals surface area contributed by atoms with Crippen LogP contribution in [0, 0.1) is 5.92 Å². The number of carboxylic acids is 1. The summed E-state index contributed by atoms with van der Waals surface area (Å²) in [7, 11) is 0. The van der Waals surface area contributed by atoms with Crippen LogP contribution in [0.5, 0.6) is 0 Å². The van der Waals surface area contributed by atoms with Crippen LogP contribution in [-0.4, -0.2) is 71.6 Å². The first-order valence-electron chi connectivity index (χ1n) is 6.92. The summed E-state index contributed by atoms with van der Waals surface area (Å²) in [5.41, 5.74) is 0. The van der Waals surface area contributed by atoms with Gasteiger partial charge < -0.3 is 19.6 Å². The first-order valence-corrected chi connectivity index (χ1v) is 6.92. The number of ether oxygens (including phenoxy) is 1. The first kappa shape index (κ1) is 14.8. The summed E-state index contributed by atoms with van der Waals surface area (Å²) in [5, 5.41) is 8.93. The van der Waals surface area contributed by atoms with E-state index in [1.807, 2.05) is 0 Å². The number of carbonyl (C=O) groups is 3. The smallest absolute Gasteiger partial charge is 0.315 e. The molecule has 112 valence electrons. The van der Waals surface area contributed by atoms with Gasteiger partial charge in [0.15, 0.2) is 0 Å². The van der Waals surface area contributed by atoms with E-state index in [1.165, 1.54) is 11.8 Å². The summed E-state index contributed by atoms with van der Waals surface area (Å²) < 4.78 is 5.20. The lowest BCUT2D eigenvalue weighted by Gasteiger charge is -2.33. The Kier molecular flexibility index (Phi) is 4.59. The molecule has 0 aromatic heterocycles. The van der Waals surface area contributed by atoms with Crippen molar-refractivity contribution in [2.45, 2.75) is 25.8 Å². The van der Waals surface area contributed by atoms with Gasteiger partial charge in [0.2, 0.25) is 11.8 Å². The minimum Gasteiger partial charge on any atom is -0.481 e. The van der Waals surface area contributed by atoms with E-state index in [2.05, 4.69) is 0 Å². The van der Waals surface area contributed by atoms with Crippen LogP contribution < -0.4 is 0 Å². The summed E-state index contributed by atoms with van der Waals surface area (Å²) >= 11 is 0. The Morgan fingerprint density at radius 1 is 1.20 bits per heavy atom. The van der Waals surface area contributed by atoms with Crippen molar-refractivity contribution >= 4 is 17.8 Å². The van der Waals surface area contributed by atoms with Crippen molar-refractivity contribution in [3.05, 3.63) is 0 Å². The molecule has 0 saturated carbocycles. The summed E-state index contributed by atoms with van der Waals surface area (Å²) in [6, 6.07) is -0.512. The second-order valence-corrected chi connectivity index (χ2v) is 5.19. The van der Waals surface area contributed by atoms with Gasteiger partial charge in [-0.1, -0.05) is 0 Å². The Morgan fingerprint density at radius 2 is 1.85 bits per heavy atom. The molecule has 0 bridgehead atoms. The van der Waals surface area contributed by atoms with E-state index in [-0.39, 0.29) is 5.91 Å². The minimum atomic E-state index is -1.15. The van der Waals surface area contributed by atoms with Gasteiger partial charge in [0.1, 0.15) is 12.0 Å². The summed E-state index contributed by atoms with van der Waals surface area (Å²) in [5.74, 6) is -2.81. The molecule has 0 aliphatic carbocycles. The molecule has 2 amide bonds. The normalized spacial score (nSPS) is 24.6. The van der Waals surface area contributed by atoms with Gasteiger partial charge in [0, 0.05) is 19.6 Å². The SMILES string of the molecule is CC(C(=O)O)C(=O)N1CCCC1C(=O)N1CCOCC1. The lowest BCUT2D eigenvalue weighted by atomic mass is 10.1. The number of nitrogens with zero attached hydrogens (tertiary/aromatic N) is 2. The van der Waals surface area contributed by atoms with E-state index >= 15 is 0 Å². The standard InChI is InChI=1S/C13H20N2O5/c1-9(13(18)19)11(16)15-4-2-3-10(15)12(17)14-5-7-20-8-6-14/h9-10H,2-8H2,1H3,(H,18,19). The quantitative estimate of drug-likeness (QED) is 0.710. The van der Waals surface area contributed by atoms with Gasteiger partial charge in [-0.2, -0.15) is 0 Å². The van der Waals surface area contributed by atoms with E-state index in [1.54, 1.807) is 4.90 Å². The maximum Gasteiger partial charge on any atom is 0.315 e. The van der Waals surface area contributed by atoms with Crippen LogP contribution in [0.15, 0.2) is 0 Å². The molecule has 20 heavy (non-hydrogen) atoms. The van der Waals surface area contributed by atoms with Crippen molar-refractivity contribution in [2.75, 3.05) is 32.8 Å². The second-order valence-electron chi connectivity index (χ2n) is 5.19. The molecule has 0 aromatic carbocycles. The lowest BCUT2D eigenvalue weighted by Crippen LogP contribution is -2.52. The number of carboxylic acid groups (broad SMARTS) is 1. The van der Waals surface area contributed by atoms with Crippen LogP contribution in [0.2, 0.25) is 0 Å². The van der Waals surface area contributed by atoms with Gasteiger partial charge in [-0.15, -0.1) is 0 Å². The Balaban J connectivity index is 2.04. The fourth-order valence-corrected chi connectivity index (χ4v) is 2.64. The maximum atomic E-state index is 12.4. The molecule has 2 unspecified atom stereocenters. The average molecular weight is 284 g/mol. The van der Waals surface area contributed by atoms with Crippen LogP contribution in [0.25, 0.3) is 0 Å². The molecule has 0 radical (unpaired) electrons. The molecule has 2 heterocycles. The molecule has 2 rings (SSSR count). The molecular weight excluding hydrogens is 264 g/mol. The fourth-order valence-electron chi connectivity index (χ4n) is 2.64. The number of amides is 2. The highest BCUT2D eigenvalue weighted by Crippen LogP contribution is 2.22. The fraction of sp³-hybridized carbons (Fsp3) is 0.769. The maximum absolute atomic E-state index is 12.4. The molecule has 2 aliphatic rings. The van der Waals surface area contributed by atoms with E-state index in [0.29, 0.717) is 39.3 Å². The zero-order chi connectivity index (χ0) is 14.7. The van der Waals surface area contributed by atoms with Crippen LogP contribution in [0.1, 0.15) is 19.8 Å². The predicted molar refractivity (Wildman–Crippen MR) is 68.9 cm³/mol. The summed E-state index contributed by atoms with van der Waals surface area (Å²) in [6.07, 6.45) is 1.34. The lowest BCUT2D eigenvalue weighted by molar-refractivity contribution is -0.154. The summed E-state index contributed by atoms with van der Waals surface area (Å²) in [6.45, 7) is 3.91. The van der Waals surface area contributed by atoms with Crippen molar-refractivity contribution in [2.24, 2.45) is 5.92 Å². The number of hydrogen-bond donors (Lipinski definition) is 1. The Morgan fingerprint density at radius 3 is 2.45 bits per heavy atom. The Bertz CT molecular complexity index is 406. The van der Waals surface area contributed by atoms with Crippen molar-refractivity contribution in [3.63, 3.8) is 0 Å². The zero-order valence-electron chi connectivity index (χ0n) is 11.6. The predicted octanol–water partition coefficient (Wildman–Crippen LogP) is -0.443. The highest BCUT2D eigenvalue weighted by Gasteiger charge is 2.39. The summed E-state index contributed by atoms with van der Waals surface area (Å²) in [4.78, 5) is 38.6. The molecule has 2 fully saturated rings.